The highest BCUT2D eigenvalue weighted by atomic mass is 79.9. The van der Waals surface area contributed by atoms with Crippen molar-refractivity contribution in [2.45, 2.75) is 13.8 Å². The van der Waals surface area contributed by atoms with Gasteiger partial charge in [0, 0.05) is 10.0 Å². The first kappa shape index (κ1) is 12.9. The molecule has 0 aromatic heterocycles. The van der Waals surface area contributed by atoms with Gasteiger partial charge >= 0.3 is 0 Å². The van der Waals surface area contributed by atoms with E-state index in [1.807, 2.05) is 19.9 Å². The highest BCUT2D eigenvalue weighted by Crippen LogP contribution is 2.29. The van der Waals surface area contributed by atoms with Crippen LogP contribution >= 0.6 is 15.9 Å². The minimum Gasteiger partial charge on any atom is -0.206 e. The molecule has 0 fully saturated rings. The highest BCUT2D eigenvalue weighted by Gasteiger charge is 2.10. The summed E-state index contributed by atoms with van der Waals surface area (Å²) >= 11 is 3.23. The Balaban J connectivity index is 3.20. The molecule has 0 amide bonds. The van der Waals surface area contributed by atoms with Crippen molar-refractivity contribution in [3.8, 4) is 0 Å². The van der Waals surface area contributed by atoms with Gasteiger partial charge in [-0.1, -0.05) is 46.8 Å². The molecule has 0 bridgehead atoms. The molecule has 0 saturated heterocycles. The molecule has 0 nitrogen and oxygen atoms in total. The normalized spacial score (nSPS) is 11.4. The lowest BCUT2D eigenvalue weighted by molar-refractivity contribution is 0.623. The molecule has 2 heteroatoms. The summed E-state index contributed by atoms with van der Waals surface area (Å²) in [6.07, 6.45) is 1.89. The molecular weight excluding hydrogens is 267 g/mol. The van der Waals surface area contributed by atoms with Gasteiger partial charge in [-0.2, -0.15) is 0 Å². The van der Waals surface area contributed by atoms with Crippen molar-refractivity contribution in [1.82, 2.24) is 0 Å². The number of allylic oxidation sites excluding steroid dienone is 4. The molecule has 1 aromatic rings. The number of benzene rings is 1. The topological polar surface area (TPSA) is 0 Å². The fourth-order valence-electron chi connectivity index (χ4n) is 1.56. The number of halogens is 2. The molecule has 0 heterocycles. The Hall–Kier alpha value is -1.15. The Bertz CT molecular complexity index is 470. The van der Waals surface area contributed by atoms with Gasteiger partial charge in [0.1, 0.15) is 5.82 Å². The Labute approximate surface area is 104 Å². The Morgan fingerprint density at radius 1 is 1.38 bits per heavy atom. The average molecular weight is 281 g/mol. The second-order valence-electron chi connectivity index (χ2n) is 3.59. The van der Waals surface area contributed by atoms with E-state index in [0.29, 0.717) is 11.1 Å². The maximum atomic E-state index is 13.7. The van der Waals surface area contributed by atoms with Crippen LogP contribution in [0.2, 0.25) is 0 Å². The quantitative estimate of drug-likeness (QED) is 0.674. The van der Waals surface area contributed by atoms with Gasteiger partial charge in [-0.3, -0.25) is 0 Å². The van der Waals surface area contributed by atoms with E-state index in [1.54, 1.807) is 12.1 Å². The van der Waals surface area contributed by atoms with E-state index in [2.05, 4.69) is 29.1 Å². The van der Waals surface area contributed by atoms with Crippen LogP contribution in [0.4, 0.5) is 4.39 Å². The fourth-order valence-corrected chi connectivity index (χ4v) is 1.89. The monoisotopic (exact) mass is 280 g/mol. The van der Waals surface area contributed by atoms with E-state index >= 15 is 0 Å². The molecule has 0 aliphatic rings. The van der Waals surface area contributed by atoms with Crippen molar-refractivity contribution in [2.24, 2.45) is 0 Å². The summed E-state index contributed by atoms with van der Waals surface area (Å²) in [5.74, 6) is -0.278. The third kappa shape index (κ3) is 2.70. The first-order valence-corrected chi connectivity index (χ1v) is 5.73. The molecule has 16 heavy (non-hydrogen) atoms. The number of hydrogen-bond acceptors (Lipinski definition) is 0. The highest BCUT2D eigenvalue weighted by molar-refractivity contribution is 9.10. The summed E-state index contributed by atoms with van der Waals surface area (Å²) in [5.41, 5.74) is 2.95. The Morgan fingerprint density at radius 2 is 2.00 bits per heavy atom. The average Bonchev–Trinajstić information content (AvgIpc) is 2.17. The Kier molecular flexibility index (Phi) is 4.25. The Morgan fingerprint density at radius 3 is 2.44 bits per heavy atom. The first-order chi connectivity index (χ1) is 7.47. The van der Waals surface area contributed by atoms with Crippen LogP contribution in [0.3, 0.4) is 0 Å². The molecule has 1 rings (SSSR count). The second kappa shape index (κ2) is 5.26. The molecule has 84 valence electrons. The van der Waals surface area contributed by atoms with Crippen LogP contribution in [-0.2, 0) is 0 Å². The van der Waals surface area contributed by atoms with E-state index in [1.165, 1.54) is 6.07 Å². The predicted molar refractivity (Wildman–Crippen MR) is 71.7 cm³/mol. The van der Waals surface area contributed by atoms with E-state index in [9.17, 15) is 4.39 Å². The van der Waals surface area contributed by atoms with Crippen molar-refractivity contribution < 1.29 is 4.39 Å². The van der Waals surface area contributed by atoms with Crippen LogP contribution in [0.15, 0.2) is 53.1 Å². The number of hydrogen-bond donors (Lipinski definition) is 0. The molecule has 0 aliphatic carbocycles. The molecule has 0 saturated carbocycles. The van der Waals surface area contributed by atoms with Gasteiger partial charge in [0.05, 0.1) is 0 Å². The predicted octanol–water partition coefficient (Wildman–Crippen LogP) is 5.12. The van der Waals surface area contributed by atoms with Gasteiger partial charge in [0.2, 0.25) is 0 Å². The van der Waals surface area contributed by atoms with Gasteiger partial charge in [-0.25, -0.2) is 4.39 Å². The van der Waals surface area contributed by atoms with Gasteiger partial charge in [0.25, 0.3) is 0 Å². The van der Waals surface area contributed by atoms with Crippen LogP contribution in [-0.4, -0.2) is 0 Å². The SMILES string of the molecule is C=C(C)/C(=C\C)C(=C)c1ccc(Br)cc1F. The second-order valence-corrected chi connectivity index (χ2v) is 4.50. The van der Waals surface area contributed by atoms with Gasteiger partial charge in [0.15, 0.2) is 0 Å². The minimum atomic E-state index is -0.278. The van der Waals surface area contributed by atoms with Crippen molar-refractivity contribution in [1.29, 1.82) is 0 Å². The lowest BCUT2D eigenvalue weighted by atomic mass is 9.94. The molecule has 0 spiro atoms. The van der Waals surface area contributed by atoms with Crippen molar-refractivity contribution in [2.75, 3.05) is 0 Å². The maximum Gasteiger partial charge on any atom is 0.132 e. The zero-order chi connectivity index (χ0) is 12.3. The van der Waals surface area contributed by atoms with Crippen molar-refractivity contribution >= 4 is 21.5 Å². The molecule has 0 unspecified atom stereocenters. The van der Waals surface area contributed by atoms with Gasteiger partial charge < -0.3 is 0 Å². The van der Waals surface area contributed by atoms with E-state index < -0.39 is 0 Å². The lowest BCUT2D eigenvalue weighted by Crippen LogP contribution is -1.93. The van der Waals surface area contributed by atoms with Gasteiger partial charge in [-0.15, -0.1) is 0 Å². The van der Waals surface area contributed by atoms with Gasteiger partial charge in [-0.05, 0) is 37.1 Å². The summed E-state index contributed by atoms with van der Waals surface area (Å²) in [4.78, 5) is 0. The molecule has 1 aromatic carbocycles. The first-order valence-electron chi connectivity index (χ1n) is 4.94. The van der Waals surface area contributed by atoms with Crippen LogP contribution in [0.1, 0.15) is 19.4 Å². The minimum absolute atomic E-state index is 0.278. The standard InChI is InChI=1S/C14H14BrF/c1-5-12(9(2)3)10(4)13-7-6-11(15)8-14(13)16/h5-8H,2,4H2,1,3H3/b12-5+. The van der Waals surface area contributed by atoms with Crippen LogP contribution in [0.5, 0.6) is 0 Å². The molecule has 0 N–H and O–H groups in total. The molecule has 0 radical (unpaired) electrons. The van der Waals surface area contributed by atoms with E-state index in [-0.39, 0.29) is 5.82 Å². The van der Waals surface area contributed by atoms with Crippen LogP contribution in [0.25, 0.3) is 5.57 Å². The zero-order valence-electron chi connectivity index (χ0n) is 9.48. The van der Waals surface area contributed by atoms with Crippen LogP contribution < -0.4 is 0 Å². The molecule has 0 atom stereocenters. The summed E-state index contributed by atoms with van der Waals surface area (Å²) in [6, 6.07) is 4.95. The van der Waals surface area contributed by atoms with E-state index in [0.717, 1.165) is 15.6 Å². The number of rotatable bonds is 3. The maximum absolute atomic E-state index is 13.7. The molecular formula is C14H14BrF. The third-order valence-electron chi connectivity index (χ3n) is 2.33. The lowest BCUT2D eigenvalue weighted by Gasteiger charge is -2.11. The third-order valence-corrected chi connectivity index (χ3v) is 2.82. The molecule has 0 aliphatic heterocycles. The van der Waals surface area contributed by atoms with Crippen LogP contribution in [0, 0.1) is 5.82 Å². The summed E-state index contributed by atoms with van der Waals surface area (Å²) in [5, 5.41) is 0. The summed E-state index contributed by atoms with van der Waals surface area (Å²) in [6.45, 7) is 11.6. The smallest absolute Gasteiger partial charge is 0.132 e. The fraction of sp³-hybridized carbons (Fsp3) is 0.143. The summed E-state index contributed by atoms with van der Waals surface area (Å²) < 4.78 is 14.4. The zero-order valence-corrected chi connectivity index (χ0v) is 11.1. The largest absolute Gasteiger partial charge is 0.206 e. The van der Waals surface area contributed by atoms with Crippen molar-refractivity contribution in [3.05, 3.63) is 64.4 Å². The van der Waals surface area contributed by atoms with Crippen molar-refractivity contribution in [3.63, 3.8) is 0 Å². The van der Waals surface area contributed by atoms with E-state index in [4.69, 9.17) is 0 Å². The summed E-state index contributed by atoms with van der Waals surface area (Å²) in [7, 11) is 0.